The fourth-order valence-corrected chi connectivity index (χ4v) is 2.34. The molecule has 0 aliphatic carbocycles. The number of hydrogen-bond donors (Lipinski definition) is 1. The molecule has 0 radical (unpaired) electrons. The van der Waals surface area contributed by atoms with Crippen LogP contribution in [0.25, 0.3) is 0 Å². The van der Waals surface area contributed by atoms with Crippen LogP contribution in [0.2, 0.25) is 0 Å². The van der Waals surface area contributed by atoms with Crippen molar-refractivity contribution < 1.29 is 9.59 Å². The second-order valence-electron chi connectivity index (χ2n) is 5.11. The van der Waals surface area contributed by atoms with Gasteiger partial charge in [0.1, 0.15) is 6.42 Å². The second-order valence-corrected chi connectivity index (χ2v) is 5.11. The molecule has 5 nitrogen and oxygen atoms in total. The van der Waals surface area contributed by atoms with Crippen LogP contribution < -0.4 is 5.32 Å². The third kappa shape index (κ3) is 4.64. The zero-order chi connectivity index (χ0) is 14.2. The standard InChI is InChI=1S/C15H21N3O2/c19-14(17-12-13-6-5-7-16-11-13)10-15(20)18-8-3-1-2-4-9-18/h5-7,11H,1-4,8-10,12H2,(H,17,19). The van der Waals surface area contributed by atoms with E-state index in [1.165, 1.54) is 12.8 Å². The van der Waals surface area contributed by atoms with Gasteiger partial charge in [0.05, 0.1) is 0 Å². The largest absolute Gasteiger partial charge is 0.352 e. The van der Waals surface area contributed by atoms with Crippen LogP contribution in [0.5, 0.6) is 0 Å². The van der Waals surface area contributed by atoms with Crippen LogP contribution in [0.3, 0.4) is 0 Å². The molecule has 0 aromatic carbocycles. The van der Waals surface area contributed by atoms with Gasteiger partial charge in [-0.3, -0.25) is 14.6 Å². The minimum absolute atomic E-state index is 0.0553. The first-order chi connectivity index (χ1) is 9.75. The van der Waals surface area contributed by atoms with Crippen molar-refractivity contribution in [2.24, 2.45) is 0 Å². The lowest BCUT2D eigenvalue weighted by atomic mass is 10.2. The molecule has 1 aliphatic rings. The molecule has 5 heteroatoms. The number of pyridine rings is 1. The number of nitrogens with zero attached hydrogens (tertiary/aromatic N) is 2. The van der Waals surface area contributed by atoms with Crippen molar-refractivity contribution in [3.05, 3.63) is 30.1 Å². The van der Waals surface area contributed by atoms with Crippen molar-refractivity contribution in [1.29, 1.82) is 0 Å². The number of likely N-dealkylation sites (tertiary alicyclic amines) is 1. The predicted molar refractivity (Wildman–Crippen MR) is 75.7 cm³/mol. The lowest BCUT2D eigenvalue weighted by Gasteiger charge is -2.19. The van der Waals surface area contributed by atoms with Crippen LogP contribution in [-0.2, 0) is 16.1 Å². The van der Waals surface area contributed by atoms with Crippen molar-refractivity contribution in [1.82, 2.24) is 15.2 Å². The van der Waals surface area contributed by atoms with E-state index in [2.05, 4.69) is 10.3 Å². The summed E-state index contributed by atoms with van der Waals surface area (Å²) in [6.07, 6.45) is 7.78. The summed E-state index contributed by atoms with van der Waals surface area (Å²) in [5.74, 6) is -0.279. The molecule has 2 heterocycles. The quantitative estimate of drug-likeness (QED) is 0.847. The SMILES string of the molecule is O=C(CC(=O)N1CCCCCC1)NCc1cccnc1. The highest BCUT2D eigenvalue weighted by Crippen LogP contribution is 2.10. The Morgan fingerprint density at radius 2 is 1.95 bits per heavy atom. The van der Waals surface area contributed by atoms with Gasteiger partial charge in [0.15, 0.2) is 0 Å². The van der Waals surface area contributed by atoms with Gasteiger partial charge in [0, 0.05) is 32.0 Å². The van der Waals surface area contributed by atoms with Gasteiger partial charge in [-0.2, -0.15) is 0 Å². The first kappa shape index (κ1) is 14.5. The van der Waals surface area contributed by atoms with E-state index in [4.69, 9.17) is 0 Å². The maximum Gasteiger partial charge on any atom is 0.232 e. The molecular weight excluding hydrogens is 254 g/mol. The summed E-state index contributed by atoms with van der Waals surface area (Å²) >= 11 is 0. The van der Waals surface area contributed by atoms with Gasteiger partial charge in [0.2, 0.25) is 11.8 Å². The lowest BCUT2D eigenvalue weighted by Crippen LogP contribution is -2.36. The molecular formula is C15H21N3O2. The average Bonchev–Trinajstić information content (AvgIpc) is 2.75. The highest BCUT2D eigenvalue weighted by molar-refractivity contribution is 5.96. The van der Waals surface area contributed by atoms with Gasteiger partial charge < -0.3 is 10.2 Å². The van der Waals surface area contributed by atoms with E-state index in [0.717, 1.165) is 31.5 Å². The summed E-state index contributed by atoms with van der Waals surface area (Å²) in [5.41, 5.74) is 0.933. The van der Waals surface area contributed by atoms with Crippen LogP contribution >= 0.6 is 0 Å². The van der Waals surface area contributed by atoms with Crippen molar-refractivity contribution in [3.8, 4) is 0 Å². The van der Waals surface area contributed by atoms with Crippen molar-refractivity contribution in [2.75, 3.05) is 13.1 Å². The third-order valence-corrected chi connectivity index (χ3v) is 3.48. The Labute approximate surface area is 119 Å². The second kappa shape index (κ2) is 7.62. The fourth-order valence-electron chi connectivity index (χ4n) is 2.34. The molecule has 1 aliphatic heterocycles. The van der Waals surface area contributed by atoms with E-state index < -0.39 is 0 Å². The van der Waals surface area contributed by atoms with E-state index in [-0.39, 0.29) is 18.2 Å². The highest BCUT2D eigenvalue weighted by Gasteiger charge is 2.18. The summed E-state index contributed by atoms with van der Waals surface area (Å²) in [4.78, 5) is 29.6. The summed E-state index contributed by atoms with van der Waals surface area (Å²) in [6.45, 7) is 1.99. The van der Waals surface area contributed by atoms with Crippen LogP contribution in [0.15, 0.2) is 24.5 Å². The first-order valence-corrected chi connectivity index (χ1v) is 7.19. The first-order valence-electron chi connectivity index (χ1n) is 7.19. The van der Waals surface area contributed by atoms with Crippen molar-refractivity contribution in [3.63, 3.8) is 0 Å². The Balaban J connectivity index is 1.74. The van der Waals surface area contributed by atoms with Crippen LogP contribution in [0, 0.1) is 0 Å². The molecule has 20 heavy (non-hydrogen) atoms. The van der Waals surface area contributed by atoms with E-state index in [9.17, 15) is 9.59 Å². The molecule has 108 valence electrons. The molecule has 2 rings (SSSR count). The molecule has 0 bridgehead atoms. The van der Waals surface area contributed by atoms with Gasteiger partial charge >= 0.3 is 0 Å². The number of rotatable bonds is 4. The number of carbonyl (C=O) groups is 2. The van der Waals surface area contributed by atoms with Gasteiger partial charge in [-0.1, -0.05) is 18.9 Å². The molecule has 0 unspecified atom stereocenters. The molecule has 0 spiro atoms. The van der Waals surface area contributed by atoms with Gasteiger partial charge in [-0.25, -0.2) is 0 Å². The van der Waals surface area contributed by atoms with Gasteiger partial charge in [0.25, 0.3) is 0 Å². The minimum Gasteiger partial charge on any atom is -0.352 e. The third-order valence-electron chi connectivity index (χ3n) is 3.48. The average molecular weight is 275 g/mol. The Morgan fingerprint density at radius 1 is 1.20 bits per heavy atom. The molecule has 0 atom stereocenters. The van der Waals surface area contributed by atoms with Gasteiger partial charge in [-0.05, 0) is 24.5 Å². The molecule has 1 N–H and O–H groups in total. The fraction of sp³-hybridized carbons (Fsp3) is 0.533. The highest BCUT2D eigenvalue weighted by atomic mass is 16.2. The zero-order valence-corrected chi connectivity index (χ0v) is 11.7. The summed E-state index contributed by atoms with van der Waals surface area (Å²) in [6, 6.07) is 3.72. The van der Waals surface area contributed by atoms with Crippen LogP contribution in [0.1, 0.15) is 37.7 Å². The predicted octanol–water partition coefficient (Wildman–Crippen LogP) is 1.49. The van der Waals surface area contributed by atoms with Crippen LogP contribution in [-0.4, -0.2) is 34.8 Å². The molecule has 1 saturated heterocycles. The summed E-state index contributed by atoms with van der Waals surface area (Å²) in [7, 11) is 0. The topological polar surface area (TPSA) is 62.3 Å². The zero-order valence-electron chi connectivity index (χ0n) is 11.7. The number of nitrogens with one attached hydrogen (secondary N) is 1. The monoisotopic (exact) mass is 275 g/mol. The summed E-state index contributed by atoms with van der Waals surface area (Å²) in [5, 5.41) is 2.76. The minimum atomic E-state index is -0.219. The van der Waals surface area contributed by atoms with Crippen molar-refractivity contribution >= 4 is 11.8 Å². The maximum absolute atomic E-state index is 12.0. The smallest absolute Gasteiger partial charge is 0.232 e. The number of aromatic nitrogens is 1. The Kier molecular flexibility index (Phi) is 5.53. The van der Waals surface area contributed by atoms with E-state index >= 15 is 0 Å². The van der Waals surface area contributed by atoms with E-state index in [1.54, 1.807) is 12.4 Å². The Bertz CT molecular complexity index is 440. The lowest BCUT2D eigenvalue weighted by molar-refractivity contribution is -0.136. The molecule has 1 aromatic heterocycles. The van der Waals surface area contributed by atoms with Gasteiger partial charge in [-0.15, -0.1) is 0 Å². The number of amides is 2. The van der Waals surface area contributed by atoms with Crippen LogP contribution in [0.4, 0.5) is 0 Å². The van der Waals surface area contributed by atoms with Crippen molar-refractivity contribution in [2.45, 2.75) is 38.6 Å². The number of hydrogen-bond acceptors (Lipinski definition) is 3. The van der Waals surface area contributed by atoms with E-state index in [1.807, 2.05) is 17.0 Å². The molecule has 0 saturated carbocycles. The maximum atomic E-state index is 12.0. The molecule has 1 fully saturated rings. The van der Waals surface area contributed by atoms with E-state index in [0.29, 0.717) is 6.54 Å². The normalized spacial score (nSPS) is 15.5. The molecule has 2 amide bonds. The summed E-state index contributed by atoms with van der Waals surface area (Å²) < 4.78 is 0. The Hall–Kier alpha value is -1.91. The number of carbonyl (C=O) groups excluding carboxylic acids is 2. The Morgan fingerprint density at radius 3 is 2.60 bits per heavy atom. The molecule has 1 aromatic rings.